The van der Waals surface area contributed by atoms with Crippen LogP contribution >= 0.6 is 0 Å². The third-order valence-corrected chi connectivity index (χ3v) is 3.42. The molecule has 1 aliphatic rings. The summed E-state index contributed by atoms with van der Waals surface area (Å²) in [6, 6.07) is 9.58. The summed E-state index contributed by atoms with van der Waals surface area (Å²) in [6.07, 6.45) is 1.59. The first-order valence-corrected chi connectivity index (χ1v) is 6.87. The van der Waals surface area contributed by atoms with Crippen molar-refractivity contribution >= 4 is 5.91 Å². The number of benzene rings is 1. The zero-order valence-corrected chi connectivity index (χ0v) is 11.5. The van der Waals surface area contributed by atoms with Gasteiger partial charge < -0.3 is 15.0 Å². The normalized spacial score (nSPS) is 19.3. The highest BCUT2D eigenvalue weighted by Crippen LogP contribution is 2.13. The van der Waals surface area contributed by atoms with Gasteiger partial charge in [0.15, 0.2) is 0 Å². The lowest BCUT2D eigenvalue weighted by atomic mass is 10.1. The molecule has 0 aliphatic carbocycles. The van der Waals surface area contributed by atoms with Gasteiger partial charge in [0.05, 0.1) is 13.0 Å². The van der Waals surface area contributed by atoms with Crippen LogP contribution in [0.4, 0.5) is 0 Å². The van der Waals surface area contributed by atoms with E-state index in [-0.39, 0.29) is 5.91 Å². The van der Waals surface area contributed by atoms with E-state index in [0.29, 0.717) is 18.9 Å². The predicted molar refractivity (Wildman–Crippen MR) is 75.2 cm³/mol. The largest absolute Gasteiger partial charge is 0.493 e. The maximum Gasteiger partial charge on any atom is 0.223 e. The molecule has 2 rings (SSSR count). The summed E-state index contributed by atoms with van der Waals surface area (Å²) in [5.41, 5.74) is 0. The summed E-state index contributed by atoms with van der Waals surface area (Å²) in [5.74, 6) is 1.49. The molecule has 19 heavy (non-hydrogen) atoms. The average Bonchev–Trinajstić information content (AvgIpc) is 2.83. The van der Waals surface area contributed by atoms with Gasteiger partial charge in [-0.05, 0) is 38.1 Å². The van der Waals surface area contributed by atoms with Crippen molar-refractivity contribution in [3.8, 4) is 5.75 Å². The number of amides is 1. The number of carbonyl (C=O) groups is 1. The minimum Gasteiger partial charge on any atom is -0.493 e. The molecule has 1 fully saturated rings. The number of hydrogen-bond donors (Lipinski definition) is 1. The van der Waals surface area contributed by atoms with Crippen molar-refractivity contribution < 1.29 is 9.53 Å². The first kappa shape index (κ1) is 13.9. The molecule has 0 bridgehead atoms. The van der Waals surface area contributed by atoms with Gasteiger partial charge in [0.1, 0.15) is 5.75 Å². The van der Waals surface area contributed by atoms with E-state index in [0.717, 1.165) is 25.4 Å². The van der Waals surface area contributed by atoms with Crippen molar-refractivity contribution in [3.05, 3.63) is 30.3 Å². The fourth-order valence-electron chi connectivity index (χ4n) is 2.32. The number of rotatable bonds is 6. The second kappa shape index (κ2) is 7.14. The number of nitrogens with zero attached hydrogens (tertiary/aromatic N) is 1. The van der Waals surface area contributed by atoms with Crippen molar-refractivity contribution in [2.24, 2.45) is 5.92 Å². The molecule has 1 heterocycles. The molecule has 0 aromatic heterocycles. The van der Waals surface area contributed by atoms with Crippen LogP contribution in [0.2, 0.25) is 0 Å². The highest BCUT2D eigenvalue weighted by molar-refractivity contribution is 5.75. The van der Waals surface area contributed by atoms with Gasteiger partial charge in [0.2, 0.25) is 5.91 Å². The van der Waals surface area contributed by atoms with Crippen molar-refractivity contribution in [3.63, 3.8) is 0 Å². The molecule has 1 N–H and O–H groups in total. The predicted octanol–water partition coefficient (Wildman–Crippen LogP) is 1.52. The van der Waals surface area contributed by atoms with Crippen molar-refractivity contribution in [1.29, 1.82) is 0 Å². The average molecular weight is 262 g/mol. The highest BCUT2D eigenvalue weighted by Gasteiger charge is 2.19. The van der Waals surface area contributed by atoms with Gasteiger partial charge in [0.25, 0.3) is 0 Å². The molecule has 1 atom stereocenters. The minimum absolute atomic E-state index is 0.0745. The van der Waals surface area contributed by atoms with Crippen LogP contribution in [0.3, 0.4) is 0 Å². The summed E-state index contributed by atoms with van der Waals surface area (Å²) < 4.78 is 5.50. The number of para-hydroxylation sites is 1. The molecule has 4 heteroatoms. The Morgan fingerprint density at radius 2 is 2.21 bits per heavy atom. The summed E-state index contributed by atoms with van der Waals surface area (Å²) >= 11 is 0. The van der Waals surface area contributed by atoms with E-state index in [1.165, 1.54) is 6.42 Å². The number of nitrogens with one attached hydrogen (secondary N) is 1. The first-order valence-electron chi connectivity index (χ1n) is 6.87. The van der Waals surface area contributed by atoms with Crippen molar-refractivity contribution in [2.75, 3.05) is 33.3 Å². The van der Waals surface area contributed by atoms with Gasteiger partial charge in [-0.1, -0.05) is 18.2 Å². The third kappa shape index (κ3) is 4.91. The van der Waals surface area contributed by atoms with Crippen LogP contribution in [0.25, 0.3) is 0 Å². The summed E-state index contributed by atoms with van der Waals surface area (Å²) in [7, 11) is 2.12. The molecule has 1 amide bonds. The third-order valence-electron chi connectivity index (χ3n) is 3.42. The molecule has 0 radical (unpaired) electrons. The molecule has 0 saturated carbocycles. The lowest BCUT2D eigenvalue weighted by Gasteiger charge is -2.12. The topological polar surface area (TPSA) is 41.6 Å². The van der Waals surface area contributed by atoms with E-state index in [2.05, 4.69) is 17.3 Å². The summed E-state index contributed by atoms with van der Waals surface area (Å²) in [5, 5.41) is 2.99. The molecule has 104 valence electrons. The number of likely N-dealkylation sites (tertiary alicyclic amines) is 1. The second-order valence-electron chi connectivity index (χ2n) is 5.13. The van der Waals surface area contributed by atoms with Crippen LogP contribution in [-0.2, 0) is 4.79 Å². The Morgan fingerprint density at radius 1 is 1.42 bits per heavy atom. The van der Waals surface area contributed by atoms with E-state index in [4.69, 9.17) is 4.74 Å². The Hall–Kier alpha value is -1.55. The van der Waals surface area contributed by atoms with E-state index in [1.807, 2.05) is 30.3 Å². The van der Waals surface area contributed by atoms with Crippen LogP contribution in [0.15, 0.2) is 30.3 Å². The van der Waals surface area contributed by atoms with E-state index >= 15 is 0 Å². The molecule has 0 spiro atoms. The highest BCUT2D eigenvalue weighted by atomic mass is 16.5. The standard InChI is InChI=1S/C15H22N2O2/c1-17-9-7-13(12-17)11-16-15(18)8-10-19-14-5-3-2-4-6-14/h2-6,13H,7-12H2,1H3,(H,16,18). The molecule has 4 nitrogen and oxygen atoms in total. The van der Waals surface area contributed by atoms with Crippen LogP contribution in [0.5, 0.6) is 5.75 Å². The van der Waals surface area contributed by atoms with Gasteiger partial charge in [0, 0.05) is 13.1 Å². The zero-order valence-electron chi connectivity index (χ0n) is 11.5. The van der Waals surface area contributed by atoms with Gasteiger partial charge in [-0.3, -0.25) is 4.79 Å². The summed E-state index contributed by atoms with van der Waals surface area (Å²) in [6.45, 7) is 3.44. The Balaban J connectivity index is 1.57. The monoisotopic (exact) mass is 262 g/mol. The maximum atomic E-state index is 11.7. The fraction of sp³-hybridized carbons (Fsp3) is 0.533. The van der Waals surface area contributed by atoms with Crippen molar-refractivity contribution in [1.82, 2.24) is 10.2 Å². The van der Waals surface area contributed by atoms with Gasteiger partial charge >= 0.3 is 0 Å². The molecule has 1 aliphatic heterocycles. The molecule has 1 aromatic carbocycles. The number of ether oxygens (including phenoxy) is 1. The first-order chi connectivity index (χ1) is 9.24. The van der Waals surface area contributed by atoms with Crippen molar-refractivity contribution in [2.45, 2.75) is 12.8 Å². The van der Waals surface area contributed by atoms with Gasteiger partial charge in [-0.25, -0.2) is 0 Å². The lowest BCUT2D eigenvalue weighted by Crippen LogP contribution is -2.31. The summed E-state index contributed by atoms with van der Waals surface area (Å²) in [4.78, 5) is 14.0. The van der Waals surface area contributed by atoms with E-state index in [9.17, 15) is 4.79 Å². The SMILES string of the molecule is CN1CCC(CNC(=O)CCOc2ccccc2)C1. The van der Waals surface area contributed by atoms with Crippen LogP contribution in [0, 0.1) is 5.92 Å². The zero-order chi connectivity index (χ0) is 13.5. The molecule has 1 aromatic rings. The number of carbonyl (C=O) groups excluding carboxylic acids is 1. The second-order valence-corrected chi connectivity index (χ2v) is 5.13. The smallest absolute Gasteiger partial charge is 0.223 e. The quantitative estimate of drug-likeness (QED) is 0.845. The van der Waals surface area contributed by atoms with E-state index < -0.39 is 0 Å². The Kier molecular flexibility index (Phi) is 5.21. The van der Waals surface area contributed by atoms with Crippen LogP contribution in [-0.4, -0.2) is 44.1 Å². The Morgan fingerprint density at radius 3 is 2.89 bits per heavy atom. The molecule has 1 saturated heterocycles. The Bertz CT molecular complexity index is 394. The van der Waals surface area contributed by atoms with Crippen LogP contribution < -0.4 is 10.1 Å². The van der Waals surface area contributed by atoms with E-state index in [1.54, 1.807) is 0 Å². The maximum absolute atomic E-state index is 11.7. The molecular formula is C15H22N2O2. The number of hydrogen-bond acceptors (Lipinski definition) is 3. The van der Waals surface area contributed by atoms with Gasteiger partial charge in [-0.2, -0.15) is 0 Å². The van der Waals surface area contributed by atoms with Gasteiger partial charge in [-0.15, -0.1) is 0 Å². The fourth-order valence-corrected chi connectivity index (χ4v) is 2.32. The minimum atomic E-state index is 0.0745. The van der Waals surface area contributed by atoms with Crippen LogP contribution in [0.1, 0.15) is 12.8 Å². The lowest BCUT2D eigenvalue weighted by molar-refractivity contribution is -0.121. The molecule has 1 unspecified atom stereocenters. The Labute approximate surface area is 114 Å². The molecular weight excluding hydrogens is 240 g/mol.